The maximum absolute atomic E-state index is 11.8. The van der Waals surface area contributed by atoms with Gasteiger partial charge in [0.15, 0.2) is 11.5 Å². The van der Waals surface area contributed by atoms with Gasteiger partial charge in [0.2, 0.25) is 6.79 Å². The molecule has 1 aliphatic rings. The van der Waals surface area contributed by atoms with E-state index in [1.165, 1.54) is 0 Å². The van der Waals surface area contributed by atoms with Gasteiger partial charge in [-0.15, -0.1) is 0 Å². The number of hydrogen-bond acceptors (Lipinski definition) is 4. The predicted molar refractivity (Wildman–Crippen MR) is 61.1 cm³/mol. The highest BCUT2D eigenvalue weighted by Crippen LogP contribution is 2.35. The van der Waals surface area contributed by atoms with E-state index in [4.69, 9.17) is 9.47 Å². The average Bonchev–Trinajstić information content (AvgIpc) is 2.81. The van der Waals surface area contributed by atoms with E-state index in [9.17, 15) is 13.2 Å². The Hall–Kier alpha value is -1.47. The molecule has 1 aliphatic heterocycles. The zero-order valence-electron chi connectivity index (χ0n) is 10.1. The lowest BCUT2D eigenvalue weighted by Crippen LogP contribution is -2.23. The van der Waals surface area contributed by atoms with Crippen molar-refractivity contribution >= 4 is 0 Å². The fraction of sp³-hybridized carbons (Fsp3) is 0.500. The molecule has 19 heavy (non-hydrogen) atoms. The van der Waals surface area contributed by atoms with Crippen molar-refractivity contribution in [1.82, 2.24) is 5.32 Å². The molecular formula is C12H14F3NO3. The van der Waals surface area contributed by atoms with Crippen molar-refractivity contribution in [2.24, 2.45) is 0 Å². The highest BCUT2D eigenvalue weighted by Gasteiger charge is 2.27. The van der Waals surface area contributed by atoms with Gasteiger partial charge in [-0.25, -0.2) is 0 Å². The Morgan fingerprint density at radius 1 is 1.26 bits per heavy atom. The Morgan fingerprint density at radius 3 is 2.89 bits per heavy atom. The van der Waals surface area contributed by atoms with Gasteiger partial charge in [-0.05, 0) is 6.07 Å². The molecule has 0 atom stereocenters. The molecule has 7 heteroatoms. The summed E-state index contributed by atoms with van der Waals surface area (Å²) in [5, 5.41) is 2.99. The summed E-state index contributed by atoms with van der Waals surface area (Å²) in [6, 6.07) is 5.51. The van der Waals surface area contributed by atoms with Gasteiger partial charge in [0.25, 0.3) is 0 Å². The summed E-state index contributed by atoms with van der Waals surface area (Å²) < 4.78 is 50.4. The molecule has 1 heterocycles. The van der Waals surface area contributed by atoms with Crippen LogP contribution in [0.3, 0.4) is 0 Å². The summed E-state index contributed by atoms with van der Waals surface area (Å²) >= 11 is 0. The third kappa shape index (κ3) is 4.29. The number of alkyl halides is 3. The molecular weight excluding hydrogens is 263 g/mol. The second kappa shape index (κ2) is 6.12. The van der Waals surface area contributed by atoms with Crippen molar-refractivity contribution in [2.75, 3.05) is 26.6 Å². The molecule has 2 rings (SSSR count). The van der Waals surface area contributed by atoms with Gasteiger partial charge in [-0.1, -0.05) is 12.1 Å². The van der Waals surface area contributed by atoms with E-state index in [0.29, 0.717) is 24.6 Å². The summed E-state index contributed by atoms with van der Waals surface area (Å²) in [5.74, 6) is 1.37. The quantitative estimate of drug-likeness (QED) is 0.808. The maximum Gasteiger partial charge on any atom is 0.411 e. The van der Waals surface area contributed by atoms with Gasteiger partial charge in [0.05, 0.1) is 6.61 Å². The molecule has 1 aromatic carbocycles. The third-order valence-electron chi connectivity index (χ3n) is 2.48. The summed E-state index contributed by atoms with van der Waals surface area (Å²) in [6.45, 7) is -0.193. The number of hydrogen-bond donors (Lipinski definition) is 1. The van der Waals surface area contributed by atoms with Crippen LogP contribution in [0.15, 0.2) is 18.2 Å². The molecule has 0 saturated heterocycles. The molecule has 1 N–H and O–H groups in total. The molecule has 0 bridgehead atoms. The number of para-hydroxylation sites is 1. The van der Waals surface area contributed by atoms with E-state index in [1.54, 1.807) is 6.07 Å². The molecule has 0 spiro atoms. The van der Waals surface area contributed by atoms with Gasteiger partial charge in [0, 0.05) is 18.7 Å². The lowest BCUT2D eigenvalue weighted by Gasteiger charge is -2.09. The SMILES string of the molecule is FC(F)(F)COCCNCc1cccc2c1OCO2. The topological polar surface area (TPSA) is 39.7 Å². The van der Waals surface area contributed by atoms with Crippen LogP contribution in [0.2, 0.25) is 0 Å². The fourth-order valence-electron chi connectivity index (χ4n) is 1.69. The van der Waals surface area contributed by atoms with E-state index in [0.717, 1.165) is 5.56 Å². The highest BCUT2D eigenvalue weighted by atomic mass is 19.4. The second-order valence-electron chi connectivity index (χ2n) is 4.00. The predicted octanol–water partition coefficient (Wildman–Crippen LogP) is 2.08. The normalized spacial score (nSPS) is 13.8. The van der Waals surface area contributed by atoms with Crippen LogP contribution in [0.4, 0.5) is 13.2 Å². The van der Waals surface area contributed by atoms with Crippen LogP contribution in [0.5, 0.6) is 11.5 Å². The minimum absolute atomic E-state index is 0.00584. The standard InChI is InChI=1S/C12H14F3NO3/c13-12(14,15)7-17-5-4-16-6-9-2-1-3-10-11(9)19-8-18-10/h1-3,16H,4-8H2. The number of benzene rings is 1. The largest absolute Gasteiger partial charge is 0.454 e. The van der Waals surface area contributed by atoms with Gasteiger partial charge in [0.1, 0.15) is 6.61 Å². The highest BCUT2D eigenvalue weighted by molar-refractivity contribution is 5.48. The van der Waals surface area contributed by atoms with Crippen LogP contribution < -0.4 is 14.8 Å². The van der Waals surface area contributed by atoms with Crippen LogP contribution in [0, 0.1) is 0 Å². The van der Waals surface area contributed by atoms with Gasteiger partial charge < -0.3 is 19.5 Å². The van der Waals surface area contributed by atoms with Crippen molar-refractivity contribution in [2.45, 2.75) is 12.7 Å². The van der Waals surface area contributed by atoms with Crippen LogP contribution in [-0.4, -0.2) is 32.7 Å². The van der Waals surface area contributed by atoms with Gasteiger partial charge in [-0.2, -0.15) is 13.2 Å². The molecule has 0 amide bonds. The molecule has 4 nitrogen and oxygen atoms in total. The molecule has 0 aromatic heterocycles. The Bertz CT molecular complexity index is 423. The average molecular weight is 277 g/mol. The van der Waals surface area contributed by atoms with Gasteiger partial charge >= 0.3 is 6.18 Å². The Kier molecular flexibility index (Phi) is 4.49. The molecule has 1 aromatic rings. The van der Waals surface area contributed by atoms with Gasteiger partial charge in [-0.3, -0.25) is 0 Å². The summed E-state index contributed by atoms with van der Waals surface area (Å²) in [5.41, 5.74) is 0.908. The Morgan fingerprint density at radius 2 is 2.11 bits per heavy atom. The maximum atomic E-state index is 11.8. The zero-order valence-corrected chi connectivity index (χ0v) is 10.1. The van der Waals surface area contributed by atoms with E-state index in [1.807, 2.05) is 12.1 Å². The van der Waals surface area contributed by atoms with Crippen LogP contribution in [0.1, 0.15) is 5.56 Å². The fourth-order valence-corrected chi connectivity index (χ4v) is 1.69. The van der Waals surface area contributed by atoms with E-state index in [-0.39, 0.29) is 13.4 Å². The van der Waals surface area contributed by atoms with E-state index >= 15 is 0 Å². The minimum atomic E-state index is -4.27. The summed E-state index contributed by atoms with van der Waals surface area (Å²) in [6.07, 6.45) is -4.27. The van der Waals surface area contributed by atoms with E-state index in [2.05, 4.69) is 10.1 Å². The molecule has 0 fully saturated rings. The van der Waals surface area contributed by atoms with Crippen LogP contribution in [-0.2, 0) is 11.3 Å². The lowest BCUT2D eigenvalue weighted by molar-refractivity contribution is -0.173. The number of halogens is 3. The summed E-state index contributed by atoms with van der Waals surface area (Å²) in [4.78, 5) is 0. The van der Waals surface area contributed by atoms with Crippen LogP contribution >= 0.6 is 0 Å². The molecule has 106 valence electrons. The first-order chi connectivity index (χ1) is 9.06. The number of nitrogens with one attached hydrogen (secondary N) is 1. The monoisotopic (exact) mass is 277 g/mol. The first kappa shape index (κ1) is 14.0. The lowest BCUT2D eigenvalue weighted by atomic mass is 10.2. The molecule has 0 aliphatic carbocycles. The number of fused-ring (bicyclic) bond motifs is 1. The Balaban J connectivity index is 1.68. The molecule has 0 radical (unpaired) electrons. The first-order valence-corrected chi connectivity index (χ1v) is 5.79. The van der Waals surface area contributed by atoms with Crippen molar-refractivity contribution in [1.29, 1.82) is 0 Å². The zero-order chi connectivity index (χ0) is 13.7. The molecule has 0 unspecified atom stereocenters. The third-order valence-corrected chi connectivity index (χ3v) is 2.48. The second-order valence-corrected chi connectivity index (χ2v) is 4.00. The minimum Gasteiger partial charge on any atom is -0.454 e. The molecule has 0 saturated carbocycles. The van der Waals surface area contributed by atoms with Crippen LogP contribution in [0.25, 0.3) is 0 Å². The van der Waals surface area contributed by atoms with Crippen molar-refractivity contribution < 1.29 is 27.4 Å². The first-order valence-electron chi connectivity index (χ1n) is 5.79. The van der Waals surface area contributed by atoms with Crippen molar-refractivity contribution in [3.05, 3.63) is 23.8 Å². The van der Waals surface area contributed by atoms with E-state index < -0.39 is 12.8 Å². The summed E-state index contributed by atoms with van der Waals surface area (Å²) in [7, 11) is 0. The van der Waals surface area contributed by atoms with Crippen molar-refractivity contribution in [3.8, 4) is 11.5 Å². The Labute approximate surface area is 108 Å². The van der Waals surface area contributed by atoms with Crippen molar-refractivity contribution in [3.63, 3.8) is 0 Å². The number of ether oxygens (including phenoxy) is 3. The smallest absolute Gasteiger partial charge is 0.411 e. The number of rotatable bonds is 6.